The first-order valence-corrected chi connectivity index (χ1v) is 5.79. The molecule has 0 aromatic carbocycles. The first-order valence-electron chi connectivity index (χ1n) is 5.79. The highest BCUT2D eigenvalue weighted by Gasteiger charge is 2.22. The van der Waals surface area contributed by atoms with Crippen LogP contribution in [0.25, 0.3) is 0 Å². The van der Waals surface area contributed by atoms with Gasteiger partial charge in [0.1, 0.15) is 0 Å². The fourth-order valence-corrected chi connectivity index (χ4v) is 2.38. The average molecular weight is 209 g/mol. The summed E-state index contributed by atoms with van der Waals surface area (Å²) in [6.07, 6.45) is 8.40. The maximum Gasteiger partial charge on any atom is 0.0828 e. The monoisotopic (exact) mass is 209 g/mol. The van der Waals surface area contributed by atoms with Gasteiger partial charge in [0.05, 0.1) is 11.8 Å². The second-order valence-corrected chi connectivity index (χ2v) is 4.53. The Labute approximate surface area is 90.3 Å². The topological polar surface area (TPSA) is 50.9 Å². The SMILES string of the molecule is Cn1cc(CCC(O)C2CCCC2)nn1. The first-order chi connectivity index (χ1) is 7.25. The van der Waals surface area contributed by atoms with Gasteiger partial charge < -0.3 is 5.11 Å². The Morgan fingerprint density at radius 1 is 1.53 bits per heavy atom. The molecule has 1 aliphatic carbocycles. The molecule has 4 nitrogen and oxygen atoms in total. The summed E-state index contributed by atoms with van der Waals surface area (Å²) in [5.74, 6) is 0.529. The molecule has 1 fully saturated rings. The van der Waals surface area contributed by atoms with Crippen molar-refractivity contribution in [2.75, 3.05) is 0 Å². The van der Waals surface area contributed by atoms with Gasteiger partial charge in [-0.15, -0.1) is 5.10 Å². The highest BCUT2D eigenvalue weighted by Crippen LogP contribution is 2.29. The molecule has 1 unspecified atom stereocenters. The summed E-state index contributed by atoms with van der Waals surface area (Å²) in [7, 11) is 1.86. The van der Waals surface area contributed by atoms with E-state index in [2.05, 4.69) is 10.3 Å². The Balaban J connectivity index is 1.77. The smallest absolute Gasteiger partial charge is 0.0828 e. The molecule has 0 saturated heterocycles. The zero-order chi connectivity index (χ0) is 10.7. The molecule has 1 atom stereocenters. The van der Waals surface area contributed by atoms with Crippen LogP contribution < -0.4 is 0 Å². The van der Waals surface area contributed by atoms with Gasteiger partial charge in [0, 0.05) is 13.2 Å². The van der Waals surface area contributed by atoms with Crippen molar-refractivity contribution in [3.63, 3.8) is 0 Å². The molecule has 15 heavy (non-hydrogen) atoms. The number of hydrogen-bond acceptors (Lipinski definition) is 3. The number of rotatable bonds is 4. The van der Waals surface area contributed by atoms with E-state index in [0.29, 0.717) is 5.92 Å². The molecule has 4 heteroatoms. The molecule has 0 amide bonds. The number of aromatic nitrogens is 3. The average Bonchev–Trinajstić information content (AvgIpc) is 2.84. The molecule has 1 N–H and O–H groups in total. The quantitative estimate of drug-likeness (QED) is 0.813. The Bertz CT molecular complexity index is 305. The van der Waals surface area contributed by atoms with Crippen LogP contribution in [0.5, 0.6) is 0 Å². The first kappa shape index (κ1) is 10.6. The van der Waals surface area contributed by atoms with Crippen LogP contribution >= 0.6 is 0 Å². The lowest BCUT2D eigenvalue weighted by Gasteiger charge is -2.16. The molecule has 1 heterocycles. The third-order valence-electron chi connectivity index (χ3n) is 3.29. The van der Waals surface area contributed by atoms with Gasteiger partial charge in [-0.1, -0.05) is 18.1 Å². The normalized spacial score (nSPS) is 19.6. The van der Waals surface area contributed by atoms with Gasteiger partial charge >= 0.3 is 0 Å². The lowest BCUT2D eigenvalue weighted by Crippen LogP contribution is -2.18. The lowest BCUT2D eigenvalue weighted by atomic mass is 9.96. The van der Waals surface area contributed by atoms with Crippen molar-refractivity contribution in [3.8, 4) is 0 Å². The lowest BCUT2D eigenvalue weighted by molar-refractivity contribution is 0.102. The summed E-state index contributed by atoms with van der Waals surface area (Å²) in [5.41, 5.74) is 0.981. The molecule has 1 aromatic rings. The van der Waals surface area contributed by atoms with Crippen LogP contribution in [-0.4, -0.2) is 26.2 Å². The van der Waals surface area contributed by atoms with Crippen LogP contribution in [0, 0.1) is 5.92 Å². The molecule has 2 rings (SSSR count). The van der Waals surface area contributed by atoms with E-state index in [4.69, 9.17) is 0 Å². The van der Waals surface area contributed by atoms with E-state index in [-0.39, 0.29) is 6.10 Å². The molecule has 1 saturated carbocycles. The maximum atomic E-state index is 9.96. The second-order valence-electron chi connectivity index (χ2n) is 4.53. The number of aliphatic hydroxyl groups is 1. The highest BCUT2D eigenvalue weighted by molar-refractivity contribution is 4.92. The fourth-order valence-electron chi connectivity index (χ4n) is 2.38. The van der Waals surface area contributed by atoms with Crippen LogP contribution in [0.3, 0.4) is 0 Å². The van der Waals surface area contributed by atoms with Crippen molar-refractivity contribution in [2.45, 2.75) is 44.6 Å². The van der Waals surface area contributed by atoms with Crippen molar-refractivity contribution in [1.29, 1.82) is 0 Å². The van der Waals surface area contributed by atoms with E-state index in [9.17, 15) is 5.11 Å². The molecule has 84 valence electrons. The minimum atomic E-state index is -0.144. The summed E-state index contributed by atoms with van der Waals surface area (Å²) in [5, 5.41) is 17.9. The second kappa shape index (κ2) is 4.75. The molecule has 0 aliphatic heterocycles. The van der Waals surface area contributed by atoms with Crippen molar-refractivity contribution < 1.29 is 5.11 Å². The summed E-state index contributed by atoms with van der Waals surface area (Å²) >= 11 is 0. The Morgan fingerprint density at radius 3 is 2.87 bits per heavy atom. The number of aliphatic hydroxyl groups excluding tert-OH is 1. The van der Waals surface area contributed by atoms with E-state index >= 15 is 0 Å². The van der Waals surface area contributed by atoms with Gasteiger partial charge in [-0.25, -0.2) is 0 Å². The molecular formula is C11H19N3O. The van der Waals surface area contributed by atoms with Gasteiger partial charge in [0.2, 0.25) is 0 Å². The van der Waals surface area contributed by atoms with Crippen LogP contribution in [0.15, 0.2) is 6.20 Å². The third-order valence-corrected chi connectivity index (χ3v) is 3.29. The summed E-state index contributed by atoms with van der Waals surface area (Å²) in [6, 6.07) is 0. The minimum absolute atomic E-state index is 0.144. The van der Waals surface area contributed by atoms with Gasteiger partial charge in [0.15, 0.2) is 0 Å². The third kappa shape index (κ3) is 2.78. The largest absolute Gasteiger partial charge is 0.393 e. The van der Waals surface area contributed by atoms with Crippen molar-refractivity contribution in [3.05, 3.63) is 11.9 Å². The zero-order valence-electron chi connectivity index (χ0n) is 9.26. The van der Waals surface area contributed by atoms with E-state index in [1.807, 2.05) is 13.2 Å². The van der Waals surface area contributed by atoms with E-state index < -0.39 is 0 Å². The number of nitrogens with zero attached hydrogens (tertiary/aromatic N) is 3. The molecule has 1 aromatic heterocycles. The van der Waals surface area contributed by atoms with Gasteiger partial charge in [0.25, 0.3) is 0 Å². The molecule has 1 aliphatic rings. The van der Waals surface area contributed by atoms with Gasteiger partial charge in [-0.05, 0) is 31.6 Å². The van der Waals surface area contributed by atoms with Crippen molar-refractivity contribution in [1.82, 2.24) is 15.0 Å². The van der Waals surface area contributed by atoms with E-state index in [1.165, 1.54) is 25.7 Å². The molecular weight excluding hydrogens is 190 g/mol. The zero-order valence-corrected chi connectivity index (χ0v) is 9.26. The predicted octanol–water partition coefficient (Wildman–Crippen LogP) is 1.30. The Kier molecular flexibility index (Phi) is 3.36. The van der Waals surface area contributed by atoms with E-state index in [0.717, 1.165) is 18.5 Å². The predicted molar refractivity (Wildman–Crippen MR) is 57.3 cm³/mol. The van der Waals surface area contributed by atoms with Crippen molar-refractivity contribution in [2.24, 2.45) is 13.0 Å². The highest BCUT2D eigenvalue weighted by atomic mass is 16.3. The van der Waals surface area contributed by atoms with Crippen LogP contribution in [0.4, 0.5) is 0 Å². The van der Waals surface area contributed by atoms with Crippen molar-refractivity contribution >= 4 is 0 Å². The number of hydrogen-bond donors (Lipinski definition) is 1. The molecule has 0 radical (unpaired) electrons. The van der Waals surface area contributed by atoms with Crippen LogP contribution in [0.2, 0.25) is 0 Å². The molecule has 0 bridgehead atoms. The van der Waals surface area contributed by atoms with Gasteiger partial charge in [-0.3, -0.25) is 4.68 Å². The summed E-state index contributed by atoms with van der Waals surface area (Å²) in [6.45, 7) is 0. The fraction of sp³-hybridized carbons (Fsp3) is 0.818. The van der Waals surface area contributed by atoms with Crippen LogP contribution in [-0.2, 0) is 13.5 Å². The molecule has 0 spiro atoms. The van der Waals surface area contributed by atoms with E-state index in [1.54, 1.807) is 4.68 Å². The Morgan fingerprint density at radius 2 is 2.27 bits per heavy atom. The Hall–Kier alpha value is -0.900. The van der Waals surface area contributed by atoms with Crippen LogP contribution in [0.1, 0.15) is 37.8 Å². The minimum Gasteiger partial charge on any atom is -0.393 e. The summed E-state index contributed by atoms with van der Waals surface area (Å²) in [4.78, 5) is 0. The van der Waals surface area contributed by atoms with Gasteiger partial charge in [-0.2, -0.15) is 0 Å². The standard InChI is InChI=1S/C11H19N3O/c1-14-8-10(12-13-14)6-7-11(15)9-4-2-3-5-9/h8-9,11,15H,2-7H2,1H3. The maximum absolute atomic E-state index is 9.96. The number of aryl methyl sites for hydroxylation is 2. The summed E-state index contributed by atoms with van der Waals surface area (Å²) < 4.78 is 1.71.